The van der Waals surface area contributed by atoms with Gasteiger partial charge in [-0.15, -0.1) is 24.0 Å². The average Bonchev–Trinajstić information content (AvgIpc) is 2.89. The van der Waals surface area contributed by atoms with Crippen molar-refractivity contribution in [3.05, 3.63) is 12.2 Å². The Hall–Kier alpha value is -0.260. The Morgan fingerprint density at radius 3 is 2.37 bits per heavy atom. The van der Waals surface area contributed by atoms with E-state index in [4.69, 9.17) is 0 Å². The van der Waals surface area contributed by atoms with Gasteiger partial charge in [0.2, 0.25) is 0 Å². The van der Waals surface area contributed by atoms with Gasteiger partial charge in [-0.1, -0.05) is 31.9 Å². The topological polar surface area (TPSA) is 36.4 Å². The minimum Gasteiger partial charge on any atom is -0.356 e. The van der Waals surface area contributed by atoms with E-state index >= 15 is 0 Å². The lowest BCUT2D eigenvalue weighted by Gasteiger charge is -2.27. The van der Waals surface area contributed by atoms with Crippen LogP contribution in [-0.4, -0.2) is 25.6 Å². The van der Waals surface area contributed by atoms with Crippen molar-refractivity contribution in [3.8, 4) is 0 Å². The van der Waals surface area contributed by atoms with E-state index in [0.717, 1.165) is 37.2 Å². The molecule has 0 aromatic heterocycles. The standard InChI is InChI=1S/C15H27N3.HI/c1-12-7-9-13(10-8-12)11-17-15(16-2)18-14-5-3-4-6-14;/h3-4,12-14H,5-11H2,1-2H3,(H2,16,17,18);1H. The van der Waals surface area contributed by atoms with E-state index in [2.05, 4.69) is 34.7 Å². The van der Waals surface area contributed by atoms with Crippen LogP contribution in [0.5, 0.6) is 0 Å². The molecular weight excluding hydrogens is 349 g/mol. The molecule has 0 atom stereocenters. The quantitative estimate of drug-likeness (QED) is 0.343. The first-order valence-electron chi connectivity index (χ1n) is 7.40. The van der Waals surface area contributed by atoms with Crippen molar-refractivity contribution in [2.45, 2.75) is 51.5 Å². The number of hydrogen-bond acceptors (Lipinski definition) is 1. The SMILES string of the molecule is CN=C(NCC1CCC(C)CC1)NC1CC=CC1.I. The molecule has 3 nitrogen and oxygen atoms in total. The van der Waals surface area contributed by atoms with Gasteiger partial charge in [-0.05, 0) is 37.5 Å². The normalized spacial score (nSPS) is 28.0. The minimum atomic E-state index is 0. The zero-order chi connectivity index (χ0) is 12.8. The lowest BCUT2D eigenvalue weighted by atomic mass is 9.83. The van der Waals surface area contributed by atoms with E-state index in [0.29, 0.717) is 6.04 Å². The number of hydrogen-bond donors (Lipinski definition) is 2. The number of aliphatic imine (C=N–C) groups is 1. The molecule has 0 amide bonds. The van der Waals surface area contributed by atoms with Gasteiger partial charge in [0.15, 0.2) is 5.96 Å². The van der Waals surface area contributed by atoms with Crippen LogP contribution in [0.4, 0.5) is 0 Å². The van der Waals surface area contributed by atoms with Crippen molar-refractivity contribution in [1.82, 2.24) is 10.6 Å². The summed E-state index contributed by atoms with van der Waals surface area (Å²) in [6.45, 7) is 3.45. The fraction of sp³-hybridized carbons (Fsp3) is 0.800. The van der Waals surface area contributed by atoms with Crippen LogP contribution in [0, 0.1) is 11.8 Å². The molecule has 0 aromatic rings. The zero-order valence-electron chi connectivity index (χ0n) is 12.2. The molecule has 2 rings (SSSR count). The van der Waals surface area contributed by atoms with Crippen molar-refractivity contribution in [3.63, 3.8) is 0 Å². The Bertz CT molecular complexity index is 299. The monoisotopic (exact) mass is 377 g/mol. The van der Waals surface area contributed by atoms with Gasteiger partial charge in [0.05, 0.1) is 0 Å². The van der Waals surface area contributed by atoms with Crippen LogP contribution in [-0.2, 0) is 0 Å². The third-order valence-corrected chi connectivity index (χ3v) is 4.27. The molecule has 1 saturated carbocycles. The number of guanidine groups is 1. The molecule has 0 spiro atoms. The second-order valence-electron chi connectivity index (χ2n) is 5.86. The summed E-state index contributed by atoms with van der Waals surface area (Å²) in [6.07, 6.45) is 12.3. The van der Waals surface area contributed by atoms with Crippen LogP contribution in [0.2, 0.25) is 0 Å². The van der Waals surface area contributed by atoms with E-state index < -0.39 is 0 Å². The molecule has 0 radical (unpaired) electrons. The van der Waals surface area contributed by atoms with Crippen molar-refractivity contribution in [2.75, 3.05) is 13.6 Å². The highest BCUT2D eigenvalue weighted by molar-refractivity contribution is 14.0. The van der Waals surface area contributed by atoms with Crippen LogP contribution in [0.15, 0.2) is 17.1 Å². The zero-order valence-corrected chi connectivity index (χ0v) is 14.5. The van der Waals surface area contributed by atoms with Crippen LogP contribution in [0.3, 0.4) is 0 Å². The minimum absolute atomic E-state index is 0. The summed E-state index contributed by atoms with van der Waals surface area (Å²) < 4.78 is 0. The van der Waals surface area contributed by atoms with Gasteiger partial charge >= 0.3 is 0 Å². The largest absolute Gasteiger partial charge is 0.356 e. The van der Waals surface area contributed by atoms with Crippen molar-refractivity contribution in [2.24, 2.45) is 16.8 Å². The highest BCUT2D eigenvalue weighted by Gasteiger charge is 2.18. The molecule has 0 bridgehead atoms. The molecule has 1 fully saturated rings. The predicted octanol–water partition coefficient (Wildman–Crippen LogP) is 3.31. The summed E-state index contributed by atoms with van der Waals surface area (Å²) in [4.78, 5) is 4.32. The Labute approximate surface area is 134 Å². The van der Waals surface area contributed by atoms with Gasteiger partial charge in [-0.25, -0.2) is 0 Å². The Balaban J connectivity index is 0.00000180. The Morgan fingerprint density at radius 2 is 1.79 bits per heavy atom. The highest BCUT2D eigenvalue weighted by Crippen LogP contribution is 2.27. The molecule has 0 aromatic carbocycles. The molecule has 0 heterocycles. The molecule has 4 heteroatoms. The number of nitrogens with one attached hydrogen (secondary N) is 2. The first-order valence-corrected chi connectivity index (χ1v) is 7.40. The van der Waals surface area contributed by atoms with Gasteiger partial charge in [0.1, 0.15) is 0 Å². The molecule has 0 unspecified atom stereocenters. The second kappa shape index (κ2) is 8.82. The third kappa shape index (κ3) is 5.71. The summed E-state index contributed by atoms with van der Waals surface area (Å²) in [6, 6.07) is 0.544. The third-order valence-electron chi connectivity index (χ3n) is 4.27. The highest BCUT2D eigenvalue weighted by atomic mass is 127. The maximum atomic E-state index is 4.32. The summed E-state index contributed by atoms with van der Waals surface area (Å²) in [5.41, 5.74) is 0. The molecule has 110 valence electrons. The van der Waals surface area contributed by atoms with E-state index in [1.165, 1.54) is 25.7 Å². The molecule has 0 saturated heterocycles. The molecule has 0 aliphatic heterocycles. The predicted molar refractivity (Wildman–Crippen MR) is 93.2 cm³/mol. The first-order chi connectivity index (χ1) is 8.78. The molecule has 19 heavy (non-hydrogen) atoms. The molecule has 2 aliphatic rings. The fourth-order valence-electron chi connectivity index (χ4n) is 2.90. The average molecular weight is 377 g/mol. The van der Waals surface area contributed by atoms with Gasteiger partial charge in [0.25, 0.3) is 0 Å². The van der Waals surface area contributed by atoms with Crippen molar-refractivity contribution < 1.29 is 0 Å². The number of halogens is 1. The van der Waals surface area contributed by atoms with E-state index in [1.54, 1.807) is 0 Å². The molecular formula is C15H28IN3. The fourth-order valence-corrected chi connectivity index (χ4v) is 2.90. The number of rotatable bonds is 3. The Kier molecular flexibility index (Phi) is 7.80. The summed E-state index contributed by atoms with van der Waals surface area (Å²) in [7, 11) is 1.86. The number of nitrogens with zero attached hydrogens (tertiary/aromatic N) is 1. The van der Waals surface area contributed by atoms with Crippen LogP contribution in [0.1, 0.15) is 45.4 Å². The smallest absolute Gasteiger partial charge is 0.191 e. The lowest BCUT2D eigenvalue weighted by molar-refractivity contribution is 0.289. The van der Waals surface area contributed by atoms with Crippen LogP contribution < -0.4 is 10.6 Å². The Morgan fingerprint density at radius 1 is 1.16 bits per heavy atom. The van der Waals surface area contributed by atoms with Gasteiger partial charge in [-0.3, -0.25) is 4.99 Å². The maximum absolute atomic E-state index is 4.32. The first kappa shape index (κ1) is 16.8. The summed E-state index contributed by atoms with van der Waals surface area (Å²) in [5, 5.41) is 6.98. The maximum Gasteiger partial charge on any atom is 0.191 e. The molecule has 2 aliphatic carbocycles. The summed E-state index contributed by atoms with van der Waals surface area (Å²) in [5.74, 6) is 2.74. The van der Waals surface area contributed by atoms with Gasteiger partial charge in [0, 0.05) is 19.6 Å². The van der Waals surface area contributed by atoms with E-state index in [-0.39, 0.29) is 24.0 Å². The summed E-state index contributed by atoms with van der Waals surface area (Å²) >= 11 is 0. The van der Waals surface area contributed by atoms with Crippen LogP contribution >= 0.6 is 24.0 Å². The van der Waals surface area contributed by atoms with Gasteiger partial charge < -0.3 is 10.6 Å². The van der Waals surface area contributed by atoms with Crippen molar-refractivity contribution >= 4 is 29.9 Å². The lowest BCUT2D eigenvalue weighted by Crippen LogP contribution is -2.44. The van der Waals surface area contributed by atoms with E-state index in [9.17, 15) is 0 Å². The second-order valence-corrected chi connectivity index (χ2v) is 5.86. The van der Waals surface area contributed by atoms with E-state index in [1.807, 2.05) is 7.05 Å². The van der Waals surface area contributed by atoms with Crippen molar-refractivity contribution in [1.29, 1.82) is 0 Å². The van der Waals surface area contributed by atoms with Crippen LogP contribution in [0.25, 0.3) is 0 Å². The molecule has 2 N–H and O–H groups in total. The van der Waals surface area contributed by atoms with Gasteiger partial charge in [-0.2, -0.15) is 0 Å².